The Bertz CT molecular complexity index is 4370. The Morgan fingerprint density at radius 2 is 1.05 bits per heavy atom. The summed E-state index contributed by atoms with van der Waals surface area (Å²) >= 11 is 7.50. The van der Waals surface area contributed by atoms with Crippen molar-refractivity contribution in [2.75, 3.05) is 54.0 Å². The Hall–Kier alpha value is -8.53. The number of aromatic nitrogens is 4. The molecule has 1 atom stereocenters. The van der Waals surface area contributed by atoms with Gasteiger partial charge in [0.05, 0.1) is 26.8 Å². The lowest BCUT2D eigenvalue weighted by molar-refractivity contribution is 0.447. The quantitative estimate of drug-likeness (QED) is 0.156. The first kappa shape index (κ1) is 48.1. The van der Waals surface area contributed by atoms with E-state index in [9.17, 15) is 14.4 Å². The number of anilines is 3. The smallest absolute Gasteiger partial charge is 0.349 e. The number of H-pyrrole nitrogens is 1. The topological polar surface area (TPSA) is 168 Å². The zero-order valence-corrected chi connectivity index (χ0v) is 43.9. The van der Waals surface area contributed by atoms with Crippen LogP contribution in [0.5, 0.6) is 0 Å². The number of thiazole rings is 1. The number of fused-ring (bicyclic) bond motifs is 6. The summed E-state index contributed by atoms with van der Waals surface area (Å²) in [5.74, 6) is 2.90. The van der Waals surface area contributed by atoms with Gasteiger partial charge in [-0.3, -0.25) is 0 Å². The van der Waals surface area contributed by atoms with E-state index in [1.165, 1.54) is 17.8 Å². The van der Waals surface area contributed by atoms with Gasteiger partial charge in [-0.15, -0.1) is 11.3 Å². The zero-order chi connectivity index (χ0) is 52.5. The Kier molecular flexibility index (Phi) is 12.2. The predicted octanol–water partition coefficient (Wildman–Crippen LogP) is 13.4. The van der Waals surface area contributed by atoms with Gasteiger partial charge in [0.15, 0.2) is 5.58 Å². The van der Waals surface area contributed by atoms with E-state index in [4.69, 9.17) is 29.3 Å². The minimum atomic E-state index is -0.468. The molecule has 0 bridgehead atoms. The van der Waals surface area contributed by atoms with Crippen molar-refractivity contribution in [1.82, 2.24) is 19.9 Å². The van der Waals surface area contributed by atoms with Gasteiger partial charge in [-0.1, -0.05) is 56.6 Å². The Balaban J connectivity index is 0.000000110. The van der Waals surface area contributed by atoms with Gasteiger partial charge < -0.3 is 37.4 Å². The number of benzene rings is 6. The molecule has 12 aromatic rings. The van der Waals surface area contributed by atoms with Gasteiger partial charge in [0.2, 0.25) is 5.89 Å². The van der Waals surface area contributed by atoms with Crippen molar-refractivity contribution >= 4 is 105 Å². The summed E-state index contributed by atoms with van der Waals surface area (Å²) in [6.45, 7) is 13.0. The molecular formula is C61H50ClN7O7S. The van der Waals surface area contributed by atoms with Crippen molar-refractivity contribution in [2.45, 2.75) is 27.2 Å². The molecule has 0 saturated carbocycles. The van der Waals surface area contributed by atoms with E-state index in [0.717, 1.165) is 99.7 Å². The van der Waals surface area contributed by atoms with Gasteiger partial charge in [0.25, 0.3) is 0 Å². The standard InChI is InChI=1S/C21H18N2O2S.C20H15ClN2O3.C20H17N3O2/c1-13-8-9-23(12-13)15-7-6-14-10-16(21(24)25-18(14)11-15)20-22-17-4-2-3-5-19(17)26-20;1-11-9-23(10-11)14-4-2-12-6-15(20(24)26-18(12)8-14)19-22-16-7-13(21)3-5-17(16)25-19;1-12-10-23(11-12)14-7-6-13-8-15(20(24)25-18(13)9-14)19-21-16-4-2-3-5-17(16)22-19/h2-7,10-11,13H,8-9,12H2,1H3;2-8,11H,9-10H2,1H3;2-9,12H,10-11H2,1H3,(H,21,22). The molecule has 1 N–H and O–H groups in total. The molecule has 384 valence electrons. The van der Waals surface area contributed by atoms with Crippen LogP contribution in [0.15, 0.2) is 172 Å². The van der Waals surface area contributed by atoms with E-state index in [1.54, 1.807) is 24.3 Å². The average molecular weight is 1060 g/mol. The van der Waals surface area contributed by atoms with Gasteiger partial charge in [-0.25, -0.2) is 29.3 Å². The summed E-state index contributed by atoms with van der Waals surface area (Å²) < 4.78 is 23.6. The number of rotatable bonds is 6. The van der Waals surface area contributed by atoms with Crippen LogP contribution in [0, 0.1) is 17.8 Å². The van der Waals surface area contributed by atoms with Gasteiger partial charge in [-0.05, 0) is 121 Å². The highest BCUT2D eigenvalue weighted by Crippen LogP contribution is 2.34. The van der Waals surface area contributed by atoms with Gasteiger partial charge in [0, 0.05) is 95.7 Å². The van der Waals surface area contributed by atoms with Crippen molar-refractivity contribution in [3.63, 3.8) is 0 Å². The summed E-state index contributed by atoms with van der Waals surface area (Å²) in [5.41, 5.74) is 9.04. The van der Waals surface area contributed by atoms with Gasteiger partial charge in [-0.2, -0.15) is 0 Å². The van der Waals surface area contributed by atoms with Crippen LogP contribution < -0.4 is 31.6 Å². The predicted molar refractivity (Wildman–Crippen MR) is 308 cm³/mol. The first-order chi connectivity index (χ1) is 37.4. The SMILES string of the molecule is CC1CCN(c2ccc3cc(-c4nc5ccccc5s4)c(=O)oc3c2)C1.CC1CN(c2ccc3cc(-c4nc5cc(Cl)ccc5o4)c(=O)oc3c2)C1.CC1CN(c2ccc3cc(-c4nc5ccccc5[nH]4)c(=O)oc3c2)C1. The van der Waals surface area contributed by atoms with Crippen LogP contribution in [0.25, 0.3) is 98.7 Å². The van der Waals surface area contributed by atoms with E-state index < -0.39 is 5.63 Å². The van der Waals surface area contributed by atoms with Crippen LogP contribution in [0.2, 0.25) is 5.02 Å². The minimum absolute atomic E-state index is 0.235. The van der Waals surface area contributed by atoms with Gasteiger partial charge >= 0.3 is 16.9 Å². The number of imidazole rings is 1. The van der Waals surface area contributed by atoms with Crippen molar-refractivity contribution in [3.8, 4) is 33.4 Å². The molecule has 16 heteroatoms. The molecule has 0 spiro atoms. The van der Waals surface area contributed by atoms with E-state index in [2.05, 4.69) is 67.5 Å². The molecule has 3 aliphatic rings. The molecule has 0 radical (unpaired) electrons. The fraction of sp³-hybridized carbons (Fsp3) is 0.213. The van der Waals surface area contributed by atoms with Crippen LogP contribution >= 0.6 is 22.9 Å². The maximum atomic E-state index is 12.6. The van der Waals surface area contributed by atoms with Crippen molar-refractivity contribution in [3.05, 3.63) is 176 Å². The number of nitrogens with zero attached hydrogens (tertiary/aromatic N) is 6. The number of oxazole rings is 1. The molecule has 3 aliphatic heterocycles. The lowest BCUT2D eigenvalue weighted by Crippen LogP contribution is -2.45. The van der Waals surface area contributed by atoms with E-state index >= 15 is 0 Å². The van der Waals surface area contributed by atoms with E-state index in [1.807, 2.05) is 103 Å². The van der Waals surface area contributed by atoms with Crippen LogP contribution in [-0.2, 0) is 0 Å². The lowest BCUT2D eigenvalue weighted by Gasteiger charge is -2.39. The highest BCUT2D eigenvalue weighted by atomic mass is 35.5. The molecule has 6 aromatic carbocycles. The molecule has 9 heterocycles. The monoisotopic (exact) mass is 1060 g/mol. The van der Waals surface area contributed by atoms with E-state index in [-0.39, 0.29) is 17.1 Å². The number of aromatic amines is 1. The average Bonchev–Trinajstić information content (AvgIpc) is 4.25. The number of hydrogen-bond donors (Lipinski definition) is 1. The zero-order valence-electron chi connectivity index (χ0n) is 42.3. The number of halogens is 1. The second-order valence-electron chi connectivity index (χ2n) is 20.6. The normalized spacial score (nSPS) is 15.8. The Morgan fingerprint density at radius 3 is 1.65 bits per heavy atom. The van der Waals surface area contributed by atoms with Crippen LogP contribution in [0.3, 0.4) is 0 Å². The molecule has 77 heavy (non-hydrogen) atoms. The maximum Gasteiger partial charge on any atom is 0.349 e. The molecule has 14 nitrogen and oxygen atoms in total. The molecule has 3 saturated heterocycles. The third-order valence-corrected chi connectivity index (χ3v) is 15.9. The van der Waals surface area contributed by atoms with Crippen molar-refractivity contribution < 1.29 is 17.7 Å². The van der Waals surface area contributed by atoms with Crippen LogP contribution in [-0.4, -0.2) is 59.2 Å². The third kappa shape index (κ3) is 9.50. The van der Waals surface area contributed by atoms with Gasteiger partial charge in [0.1, 0.15) is 44.2 Å². The second kappa shape index (κ2) is 19.6. The number of nitrogens with one attached hydrogen (secondary N) is 1. The Labute approximate surface area is 448 Å². The summed E-state index contributed by atoms with van der Waals surface area (Å²) in [6, 6.07) is 44.4. The molecule has 15 rings (SSSR count). The summed E-state index contributed by atoms with van der Waals surface area (Å²) in [5, 5.41) is 3.93. The molecule has 1 unspecified atom stereocenters. The first-order valence-electron chi connectivity index (χ1n) is 25.8. The number of para-hydroxylation sites is 3. The largest absolute Gasteiger partial charge is 0.436 e. The molecule has 0 amide bonds. The molecule has 0 aliphatic carbocycles. The highest BCUT2D eigenvalue weighted by Gasteiger charge is 2.25. The fourth-order valence-corrected chi connectivity index (χ4v) is 11.6. The molecular weight excluding hydrogens is 1010 g/mol. The first-order valence-corrected chi connectivity index (χ1v) is 27.0. The van der Waals surface area contributed by atoms with E-state index in [0.29, 0.717) is 72.2 Å². The second-order valence-corrected chi connectivity index (χ2v) is 22.1. The Morgan fingerprint density at radius 1 is 0.506 bits per heavy atom. The lowest BCUT2D eigenvalue weighted by atomic mass is 10.0. The highest BCUT2D eigenvalue weighted by molar-refractivity contribution is 7.21. The number of hydrogen-bond acceptors (Lipinski definition) is 14. The maximum absolute atomic E-state index is 12.6. The van der Waals surface area contributed by atoms with Crippen LogP contribution in [0.4, 0.5) is 17.1 Å². The minimum Gasteiger partial charge on any atom is -0.436 e. The summed E-state index contributed by atoms with van der Waals surface area (Å²) in [6.07, 6.45) is 1.21. The molecule has 6 aromatic heterocycles. The third-order valence-electron chi connectivity index (χ3n) is 14.6. The summed E-state index contributed by atoms with van der Waals surface area (Å²) in [7, 11) is 0. The van der Waals surface area contributed by atoms with Crippen LogP contribution in [0.1, 0.15) is 27.2 Å². The van der Waals surface area contributed by atoms with Crippen molar-refractivity contribution in [2.24, 2.45) is 17.8 Å². The fourth-order valence-electron chi connectivity index (χ4n) is 10.4. The summed E-state index contributed by atoms with van der Waals surface area (Å²) in [4.78, 5) is 61.1. The molecule has 3 fully saturated rings. The van der Waals surface area contributed by atoms with Crippen molar-refractivity contribution in [1.29, 1.82) is 0 Å².